The van der Waals surface area contributed by atoms with Crippen molar-refractivity contribution in [1.29, 1.82) is 0 Å². The van der Waals surface area contributed by atoms with Gasteiger partial charge in [-0.2, -0.15) is 0 Å². The van der Waals surface area contributed by atoms with Crippen LogP contribution in [-0.4, -0.2) is 25.6 Å². The van der Waals surface area contributed by atoms with Gasteiger partial charge >= 0.3 is 5.97 Å². The van der Waals surface area contributed by atoms with Gasteiger partial charge in [0.05, 0.1) is 0 Å². The van der Waals surface area contributed by atoms with Crippen LogP contribution in [0, 0.1) is 0 Å². The van der Waals surface area contributed by atoms with E-state index in [1.807, 2.05) is 12.1 Å². The molecular weight excluding hydrogens is 182 g/mol. The highest BCUT2D eigenvalue weighted by molar-refractivity contribution is 5.85. The van der Waals surface area contributed by atoms with Crippen LogP contribution in [0.5, 0.6) is 0 Å². The normalized spacial score (nSPS) is 10.0. The predicted octanol–water partition coefficient (Wildman–Crippen LogP) is 0.965. The van der Waals surface area contributed by atoms with Crippen LogP contribution in [0.3, 0.4) is 0 Å². The zero-order chi connectivity index (χ0) is 9.97. The van der Waals surface area contributed by atoms with Crippen LogP contribution in [0.15, 0.2) is 36.9 Å². The van der Waals surface area contributed by atoms with Crippen LogP contribution in [0.25, 0.3) is 5.82 Å². The summed E-state index contributed by atoms with van der Waals surface area (Å²) in [6.45, 7) is 0. The minimum Gasteiger partial charge on any atom is -0.477 e. The topological polar surface area (TPSA) is 68.0 Å². The van der Waals surface area contributed by atoms with E-state index in [1.54, 1.807) is 17.0 Å². The first kappa shape index (κ1) is 8.43. The molecule has 0 amide bonds. The summed E-state index contributed by atoms with van der Waals surface area (Å²) < 4.78 is 1.72. The van der Waals surface area contributed by atoms with Gasteiger partial charge in [-0.25, -0.2) is 14.8 Å². The molecule has 0 bridgehead atoms. The van der Waals surface area contributed by atoms with Gasteiger partial charge in [0.1, 0.15) is 12.1 Å². The van der Waals surface area contributed by atoms with Crippen LogP contribution < -0.4 is 0 Å². The molecule has 0 unspecified atom stereocenters. The van der Waals surface area contributed by atoms with Crippen LogP contribution in [-0.2, 0) is 0 Å². The molecule has 0 aromatic carbocycles. The molecule has 0 aliphatic rings. The summed E-state index contributed by atoms with van der Waals surface area (Å²) in [7, 11) is 0. The third-order valence-corrected chi connectivity index (χ3v) is 1.74. The molecule has 0 atom stereocenters. The summed E-state index contributed by atoms with van der Waals surface area (Å²) in [4.78, 5) is 18.2. The lowest BCUT2D eigenvalue weighted by atomic mass is 10.4. The molecule has 2 heterocycles. The Morgan fingerprint density at radius 1 is 1.29 bits per heavy atom. The van der Waals surface area contributed by atoms with Crippen molar-refractivity contribution in [3.05, 3.63) is 42.6 Å². The second-order valence-electron chi connectivity index (χ2n) is 2.66. The average molecular weight is 189 g/mol. The lowest BCUT2D eigenvalue weighted by Crippen LogP contribution is -2.03. The molecule has 5 nitrogen and oxygen atoms in total. The molecule has 2 aromatic rings. The van der Waals surface area contributed by atoms with Gasteiger partial charge in [0.25, 0.3) is 0 Å². The molecule has 1 N–H and O–H groups in total. The molecule has 0 fully saturated rings. The summed E-state index contributed by atoms with van der Waals surface area (Å²) in [6, 6.07) is 5.09. The van der Waals surface area contributed by atoms with Gasteiger partial charge < -0.3 is 9.67 Å². The number of hydrogen-bond acceptors (Lipinski definition) is 3. The van der Waals surface area contributed by atoms with Gasteiger partial charge in [0.2, 0.25) is 0 Å². The van der Waals surface area contributed by atoms with Crippen molar-refractivity contribution in [1.82, 2.24) is 14.5 Å². The number of nitrogens with zero attached hydrogens (tertiary/aromatic N) is 3. The zero-order valence-electron chi connectivity index (χ0n) is 7.16. The number of carboxylic acid groups (broad SMARTS) is 1. The maximum Gasteiger partial charge on any atom is 0.354 e. The first-order valence-electron chi connectivity index (χ1n) is 3.96. The molecule has 0 spiro atoms. The van der Waals surface area contributed by atoms with Gasteiger partial charge in [-0.3, -0.25) is 0 Å². The van der Waals surface area contributed by atoms with E-state index < -0.39 is 5.97 Å². The highest BCUT2D eigenvalue weighted by Gasteiger charge is 2.06. The van der Waals surface area contributed by atoms with Gasteiger partial charge in [0.15, 0.2) is 5.69 Å². The minimum atomic E-state index is -1.05. The Morgan fingerprint density at radius 3 is 2.64 bits per heavy atom. The Morgan fingerprint density at radius 2 is 2.00 bits per heavy atom. The molecule has 0 aliphatic carbocycles. The quantitative estimate of drug-likeness (QED) is 0.764. The van der Waals surface area contributed by atoms with Crippen molar-refractivity contribution in [2.24, 2.45) is 0 Å². The van der Waals surface area contributed by atoms with Gasteiger partial charge in [-0.1, -0.05) is 0 Å². The molecule has 5 heteroatoms. The highest BCUT2D eigenvalue weighted by Crippen LogP contribution is 2.04. The molecule has 2 aromatic heterocycles. The van der Waals surface area contributed by atoms with E-state index in [2.05, 4.69) is 9.97 Å². The second kappa shape index (κ2) is 3.29. The van der Waals surface area contributed by atoms with Gasteiger partial charge in [-0.15, -0.1) is 0 Å². The fourth-order valence-corrected chi connectivity index (χ4v) is 1.09. The van der Waals surface area contributed by atoms with Crippen molar-refractivity contribution in [2.45, 2.75) is 0 Å². The number of carbonyl (C=O) groups is 1. The Hall–Kier alpha value is -2.17. The van der Waals surface area contributed by atoms with Gasteiger partial charge in [-0.05, 0) is 12.1 Å². The lowest BCUT2D eigenvalue weighted by Gasteiger charge is -2.00. The zero-order valence-corrected chi connectivity index (χ0v) is 7.16. The predicted molar refractivity (Wildman–Crippen MR) is 48.3 cm³/mol. The van der Waals surface area contributed by atoms with E-state index in [-0.39, 0.29) is 5.69 Å². The fourth-order valence-electron chi connectivity index (χ4n) is 1.09. The summed E-state index contributed by atoms with van der Waals surface area (Å²) in [6.07, 6.45) is 4.81. The molecule has 0 saturated heterocycles. The van der Waals surface area contributed by atoms with Crippen LogP contribution >= 0.6 is 0 Å². The Balaban J connectivity index is 2.46. The third-order valence-electron chi connectivity index (χ3n) is 1.74. The second-order valence-corrected chi connectivity index (χ2v) is 2.66. The molecule has 0 aliphatic heterocycles. The van der Waals surface area contributed by atoms with Crippen molar-refractivity contribution in [3.8, 4) is 5.82 Å². The SMILES string of the molecule is O=C(O)c1cc(-n2cccc2)ncn1. The maximum atomic E-state index is 10.6. The van der Waals surface area contributed by atoms with E-state index in [4.69, 9.17) is 5.11 Å². The summed E-state index contributed by atoms with van der Waals surface area (Å²) in [5, 5.41) is 8.71. The summed E-state index contributed by atoms with van der Waals surface area (Å²) in [5.74, 6) is -0.511. The third kappa shape index (κ3) is 1.47. The molecule has 2 rings (SSSR count). The standard InChI is InChI=1S/C9H7N3O2/c13-9(14)7-5-8(11-6-10-7)12-3-1-2-4-12/h1-6H,(H,13,14). The molecule has 0 radical (unpaired) electrons. The maximum absolute atomic E-state index is 10.6. The van der Waals surface area contributed by atoms with E-state index in [9.17, 15) is 4.79 Å². The lowest BCUT2D eigenvalue weighted by molar-refractivity contribution is 0.0690. The van der Waals surface area contributed by atoms with Crippen LogP contribution in [0.1, 0.15) is 10.5 Å². The molecule has 14 heavy (non-hydrogen) atoms. The number of hydrogen-bond donors (Lipinski definition) is 1. The Labute approximate surface area is 79.7 Å². The summed E-state index contributed by atoms with van der Waals surface area (Å²) >= 11 is 0. The van der Waals surface area contributed by atoms with E-state index >= 15 is 0 Å². The van der Waals surface area contributed by atoms with Crippen LogP contribution in [0.2, 0.25) is 0 Å². The minimum absolute atomic E-state index is 0.0105. The van der Waals surface area contributed by atoms with Gasteiger partial charge in [0, 0.05) is 18.5 Å². The van der Waals surface area contributed by atoms with E-state index in [1.165, 1.54) is 12.4 Å². The molecule has 70 valence electrons. The smallest absolute Gasteiger partial charge is 0.354 e. The largest absolute Gasteiger partial charge is 0.477 e. The Kier molecular flexibility index (Phi) is 1.98. The number of aromatic nitrogens is 3. The first-order chi connectivity index (χ1) is 6.77. The summed E-state index contributed by atoms with van der Waals surface area (Å²) in [5.41, 5.74) is -0.0105. The van der Waals surface area contributed by atoms with Crippen LogP contribution in [0.4, 0.5) is 0 Å². The van der Waals surface area contributed by atoms with Crippen molar-refractivity contribution < 1.29 is 9.90 Å². The molecule has 0 saturated carbocycles. The van der Waals surface area contributed by atoms with E-state index in [0.29, 0.717) is 5.82 Å². The van der Waals surface area contributed by atoms with Crippen molar-refractivity contribution in [2.75, 3.05) is 0 Å². The van der Waals surface area contributed by atoms with Crippen molar-refractivity contribution >= 4 is 5.97 Å². The fraction of sp³-hybridized carbons (Fsp3) is 0. The van der Waals surface area contributed by atoms with E-state index in [0.717, 1.165) is 0 Å². The highest BCUT2D eigenvalue weighted by atomic mass is 16.4. The van der Waals surface area contributed by atoms with Crippen molar-refractivity contribution in [3.63, 3.8) is 0 Å². The Bertz CT molecular complexity index is 451. The monoisotopic (exact) mass is 189 g/mol. The number of rotatable bonds is 2. The molecular formula is C9H7N3O2. The number of aromatic carboxylic acids is 1. The average Bonchev–Trinajstić information content (AvgIpc) is 2.71. The first-order valence-corrected chi connectivity index (χ1v) is 3.96. The number of carboxylic acids is 1.